The Labute approximate surface area is 179 Å². The number of benzene rings is 2. The van der Waals surface area contributed by atoms with Crippen molar-refractivity contribution in [1.29, 1.82) is 0 Å². The number of rotatable bonds is 7. The second-order valence-corrected chi connectivity index (χ2v) is 8.19. The molecule has 0 bridgehead atoms. The van der Waals surface area contributed by atoms with Crippen LogP contribution >= 0.6 is 11.6 Å². The summed E-state index contributed by atoms with van der Waals surface area (Å²) in [6.45, 7) is 5.23. The largest absolute Gasteiger partial charge is 0.485 e. The highest BCUT2D eigenvalue weighted by molar-refractivity contribution is 6.31. The lowest BCUT2D eigenvalue weighted by atomic mass is 9.91. The number of carbonyl (C=O) groups is 2. The first-order chi connectivity index (χ1) is 14.2. The van der Waals surface area contributed by atoms with E-state index in [1.807, 2.05) is 6.92 Å². The number of Topliss-reactive ketones (excluding diaryl/α,β-unsaturated/α-hetero) is 1. The van der Waals surface area contributed by atoms with Crippen LogP contribution in [0.3, 0.4) is 0 Å². The number of carbonyl (C=O) groups excluding carboxylic acids is 1. The van der Waals surface area contributed by atoms with E-state index in [0.717, 1.165) is 5.56 Å². The lowest BCUT2D eigenvalue weighted by molar-refractivity contribution is -0.129. The molecular formula is C22H24ClFN2O4. The molecule has 30 heavy (non-hydrogen) atoms. The van der Waals surface area contributed by atoms with Crippen LogP contribution in [0.4, 0.5) is 4.39 Å². The molecule has 2 N–H and O–H groups in total. The molecule has 1 saturated heterocycles. The zero-order valence-electron chi connectivity index (χ0n) is 16.8. The number of aromatic carboxylic acids is 1. The molecule has 1 aliphatic heterocycles. The van der Waals surface area contributed by atoms with E-state index in [9.17, 15) is 19.1 Å². The highest BCUT2D eigenvalue weighted by Crippen LogP contribution is 2.24. The molecule has 6 nitrogen and oxygen atoms in total. The minimum Gasteiger partial charge on any atom is -0.485 e. The van der Waals surface area contributed by atoms with Crippen LogP contribution in [0.5, 0.6) is 5.75 Å². The Kier molecular flexibility index (Phi) is 6.75. The molecule has 0 unspecified atom stereocenters. The second kappa shape index (κ2) is 9.12. The van der Waals surface area contributed by atoms with E-state index in [1.54, 1.807) is 12.1 Å². The van der Waals surface area contributed by atoms with Crippen molar-refractivity contribution >= 4 is 23.4 Å². The first-order valence-electron chi connectivity index (χ1n) is 9.60. The summed E-state index contributed by atoms with van der Waals surface area (Å²) in [5.41, 5.74) is 0.00889. The van der Waals surface area contributed by atoms with E-state index in [4.69, 9.17) is 16.3 Å². The summed E-state index contributed by atoms with van der Waals surface area (Å²) >= 11 is 5.85. The maximum absolute atomic E-state index is 13.2. The topological polar surface area (TPSA) is 78.9 Å². The van der Waals surface area contributed by atoms with Crippen LogP contribution in [-0.2, 0) is 11.3 Å². The number of nitrogens with zero attached hydrogens (tertiary/aromatic N) is 1. The minimum atomic E-state index is -1.18. The van der Waals surface area contributed by atoms with Crippen LogP contribution in [0.15, 0.2) is 42.5 Å². The van der Waals surface area contributed by atoms with Crippen molar-refractivity contribution in [2.45, 2.75) is 32.0 Å². The average Bonchev–Trinajstić information content (AvgIpc) is 2.71. The van der Waals surface area contributed by atoms with Crippen LogP contribution in [0.1, 0.15) is 29.8 Å². The molecule has 0 amide bonds. The van der Waals surface area contributed by atoms with Crippen molar-refractivity contribution in [3.63, 3.8) is 0 Å². The van der Waals surface area contributed by atoms with Gasteiger partial charge in [-0.1, -0.05) is 23.7 Å². The summed E-state index contributed by atoms with van der Waals surface area (Å²) in [4.78, 5) is 26.5. The third kappa shape index (κ3) is 5.16. The first kappa shape index (κ1) is 22.2. The summed E-state index contributed by atoms with van der Waals surface area (Å²) in [6, 6.07) is 10.8. The van der Waals surface area contributed by atoms with Gasteiger partial charge in [0.1, 0.15) is 23.7 Å². The molecule has 2 aromatic rings. The highest BCUT2D eigenvalue weighted by Gasteiger charge is 2.40. The van der Waals surface area contributed by atoms with Gasteiger partial charge in [0.15, 0.2) is 5.78 Å². The van der Waals surface area contributed by atoms with Crippen molar-refractivity contribution in [2.24, 2.45) is 0 Å². The van der Waals surface area contributed by atoms with Crippen LogP contribution < -0.4 is 10.1 Å². The van der Waals surface area contributed by atoms with Crippen LogP contribution in [0.2, 0.25) is 5.02 Å². The van der Waals surface area contributed by atoms with Crippen LogP contribution in [0, 0.1) is 5.82 Å². The Morgan fingerprint density at radius 3 is 2.67 bits per heavy atom. The lowest BCUT2D eigenvalue weighted by Crippen LogP contribution is -2.66. The molecule has 0 aromatic heterocycles. The Balaban J connectivity index is 1.67. The quantitative estimate of drug-likeness (QED) is 0.695. The minimum absolute atomic E-state index is 0.0937. The number of halogens is 2. The van der Waals surface area contributed by atoms with Gasteiger partial charge in [0, 0.05) is 30.7 Å². The second-order valence-electron chi connectivity index (χ2n) is 7.75. The number of ketones is 1. The standard InChI is InChI=1S/C22H24ClFN2O4/c1-14-10-25-22(2,13-26(14)11-15-3-6-17(24)7-4-15)20(27)12-30-19-8-5-16(23)9-18(19)21(28)29/h3-9,14,25H,10-13H2,1-2H3,(H,28,29)/t14-,22-/m1/s1. The van der Waals surface area contributed by atoms with E-state index in [-0.39, 0.29) is 40.6 Å². The zero-order chi connectivity index (χ0) is 21.9. The molecule has 8 heteroatoms. The van der Waals surface area contributed by atoms with Gasteiger partial charge in [-0.15, -0.1) is 0 Å². The van der Waals surface area contributed by atoms with Gasteiger partial charge in [-0.3, -0.25) is 9.69 Å². The predicted octanol–water partition coefficient (Wildman–Crippen LogP) is 3.38. The fourth-order valence-corrected chi connectivity index (χ4v) is 3.61. The molecule has 0 radical (unpaired) electrons. The summed E-state index contributed by atoms with van der Waals surface area (Å²) < 4.78 is 18.7. The smallest absolute Gasteiger partial charge is 0.339 e. The number of ether oxygens (including phenoxy) is 1. The Morgan fingerprint density at radius 2 is 2.00 bits per heavy atom. The van der Waals surface area contributed by atoms with E-state index >= 15 is 0 Å². The molecule has 1 aliphatic rings. The number of carboxylic acids is 1. The normalized spacial score (nSPS) is 21.9. The van der Waals surface area contributed by atoms with Crippen LogP contribution in [0.25, 0.3) is 0 Å². The van der Waals surface area contributed by atoms with Gasteiger partial charge in [0.2, 0.25) is 0 Å². The first-order valence-corrected chi connectivity index (χ1v) is 9.98. The van der Waals surface area contributed by atoms with Crippen LogP contribution in [-0.4, -0.2) is 53.0 Å². The van der Waals surface area contributed by atoms with E-state index in [2.05, 4.69) is 17.1 Å². The number of nitrogens with one attached hydrogen (secondary N) is 1. The summed E-state index contributed by atoms with van der Waals surface area (Å²) in [6.07, 6.45) is 0. The lowest BCUT2D eigenvalue weighted by Gasteiger charge is -2.44. The Hall–Kier alpha value is -2.48. The summed E-state index contributed by atoms with van der Waals surface area (Å²) in [5, 5.41) is 12.9. The number of carboxylic acid groups (broad SMARTS) is 1. The summed E-state index contributed by atoms with van der Waals surface area (Å²) in [7, 11) is 0. The number of hydrogen-bond acceptors (Lipinski definition) is 5. The van der Waals surface area contributed by atoms with Crippen molar-refractivity contribution in [2.75, 3.05) is 19.7 Å². The fraction of sp³-hybridized carbons (Fsp3) is 0.364. The van der Waals surface area contributed by atoms with Crippen molar-refractivity contribution in [3.8, 4) is 5.75 Å². The van der Waals surface area contributed by atoms with Gasteiger partial charge in [0.05, 0.1) is 5.54 Å². The molecular weight excluding hydrogens is 411 g/mol. The maximum atomic E-state index is 13.2. The zero-order valence-corrected chi connectivity index (χ0v) is 17.6. The molecule has 3 rings (SSSR count). The van der Waals surface area contributed by atoms with Crippen molar-refractivity contribution < 1.29 is 23.8 Å². The molecule has 1 fully saturated rings. The molecule has 2 atom stereocenters. The van der Waals surface area contributed by atoms with Gasteiger partial charge in [-0.25, -0.2) is 9.18 Å². The van der Waals surface area contributed by atoms with Gasteiger partial charge < -0.3 is 15.2 Å². The molecule has 0 spiro atoms. The third-order valence-electron chi connectivity index (χ3n) is 5.38. The van der Waals surface area contributed by atoms with Crippen molar-refractivity contribution in [3.05, 3.63) is 64.4 Å². The Morgan fingerprint density at radius 1 is 1.30 bits per heavy atom. The number of hydrogen-bond donors (Lipinski definition) is 2. The average molecular weight is 435 g/mol. The van der Waals surface area contributed by atoms with E-state index < -0.39 is 11.5 Å². The molecule has 160 valence electrons. The molecule has 0 saturated carbocycles. The van der Waals surface area contributed by atoms with Crippen molar-refractivity contribution in [1.82, 2.24) is 10.2 Å². The number of piperazine rings is 1. The highest BCUT2D eigenvalue weighted by atomic mass is 35.5. The molecule has 0 aliphatic carbocycles. The predicted molar refractivity (Wildman–Crippen MR) is 112 cm³/mol. The molecule has 2 aromatic carbocycles. The maximum Gasteiger partial charge on any atom is 0.339 e. The van der Waals surface area contributed by atoms with Gasteiger partial charge in [0.25, 0.3) is 0 Å². The third-order valence-corrected chi connectivity index (χ3v) is 5.61. The summed E-state index contributed by atoms with van der Waals surface area (Å²) in [5.74, 6) is -1.56. The SMILES string of the molecule is C[C@@H]1CN[C@@](C)(C(=O)COc2ccc(Cl)cc2C(=O)O)CN1Cc1ccc(F)cc1. The van der Waals surface area contributed by atoms with E-state index in [1.165, 1.54) is 30.3 Å². The molecule has 1 heterocycles. The van der Waals surface area contributed by atoms with Gasteiger partial charge in [-0.2, -0.15) is 0 Å². The van der Waals surface area contributed by atoms with Gasteiger partial charge >= 0.3 is 5.97 Å². The Bertz CT molecular complexity index is 937. The van der Waals surface area contributed by atoms with E-state index in [0.29, 0.717) is 19.6 Å². The fourth-order valence-electron chi connectivity index (χ4n) is 3.44. The monoisotopic (exact) mass is 434 g/mol. The van der Waals surface area contributed by atoms with Gasteiger partial charge in [-0.05, 0) is 49.7 Å².